The van der Waals surface area contributed by atoms with E-state index in [1.165, 1.54) is 52.8 Å². The van der Waals surface area contributed by atoms with Crippen molar-refractivity contribution < 1.29 is 14.7 Å². The average molecular weight is 750 g/mol. The van der Waals surface area contributed by atoms with Gasteiger partial charge in [0.25, 0.3) is 5.91 Å². The molecule has 290 valence electrons. The van der Waals surface area contributed by atoms with E-state index in [-0.39, 0.29) is 17.7 Å². The zero-order chi connectivity index (χ0) is 38.2. The van der Waals surface area contributed by atoms with Crippen molar-refractivity contribution in [1.29, 1.82) is 0 Å². The number of anilines is 1. The summed E-state index contributed by atoms with van der Waals surface area (Å²) >= 11 is 0. The van der Waals surface area contributed by atoms with Crippen LogP contribution >= 0.6 is 0 Å². The van der Waals surface area contributed by atoms with Crippen LogP contribution in [-0.4, -0.2) is 90.0 Å². The normalized spacial score (nSPS) is 23.6. The highest BCUT2D eigenvalue weighted by atomic mass is 16.3. The molecule has 56 heavy (non-hydrogen) atoms. The topological polar surface area (TPSA) is 79.4 Å². The summed E-state index contributed by atoms with van der Waals surface area (Å²) in [7, 11) is 0. The molecule has 2 N–H and O–H groups in total. The lowest BCUT2D eigenvalue weighted by molar-refractivity contribution is -0.126. The van der Waals surface area contributed by atoms with E-state index in [1.807, 2.05) is 18.2 Å². The number of piperazine rings is 1. The number of nitrogens with zero attached hydrogens (tertiary/aromatic N) is 4. The summed E-state index contributed by atoms with van der Waals surface area (Å²) in [5.41, 5.74) is 10.6. The fourth-order valence-corrected chi connectivity index (χ4v) is 10.3. The summed E-state index contributed by atoms with van der Waals surface area (Å²) in [5.74, 6) is 1.54. The number of allylic oxidation sites excluding steroid dienone is 1. The zero-order valence-corrected chi connectivity index (χ0v) is 32.5. The van der Waals surface area contributed by atoms with Crippen LogP contribution in [0.3, 0.4) is 0 Å². The third kappa shape index (κ3) is 7.49. The van der Waals surface area contributed by atoms with Gasteiger partial charge in [0.2, 0.25) is 5.91 Å². The molecule has 9 rings (SSSR count). The molecule has 1 unspecified atom stereocenters. The van der Waals surface area contributed by atoms with Crippen molar-refractivity contribution in [1.82, 2.24) is 20.0 Å². The molecule has 3 saturated heterocycles. The van der Waals surface area contributed by atoms with Crippen LogP contribution < -0.4 is 10.2 Å². The number of likely N-dealkylation sites (tertiary alicyclic amines) is 1. The molecule has 0 saturated carbocycles. The quantitative estimate of drug-likeness (QED) is 0.186. The van der Waals surface area contributed by atoms with Crippen LogP contribution in [0.2, 0.25) is 0 Å². The van der Waals surface area contributed by atoms with Crippen molar-refractivity contribution >= 4 is 17.5 Å². The van der Waals surface area contributed by atoms with Crippen LogP contribution in [0, 0.1) is 0 Å². The minimum atomic E-state index is -0.422. The van der Waals surface area contributed by atoms with Gasteiger partial charge in [-0.25, -0.2) is 0 Å². The molecule has 4 aliphatic heterocycles. The minimum absolute atomic E-state index is 0.0374. The van der Waals surface area contributed by atoms with Crippen molar-refractivity contribution in [3.05, 3.63) is 142 Å². The van der Waals surface area contributed by atoms with Gasteiger partial charge in [-0.1, -0.05) is 67.2 Å². The lowest BCUT2D eigenvalue weighted by Crippen LogP contribution is -2.49. The van der Waals surface area contributed by atoms with Crippen LogP contribution in [0.1, 0.15) is 100 Å². The Hall–Kier alpha value is -4.92. The fourth-order valence-electron chi connectivity index (χ4n) is 10.3. The molecule has 8 nitrogen and oxygen atoms in total. The van der Waals surface area contributed by atoms with Gasteiger partial charge >= 0.3 is 0 Å². The van der Waals surface area contributed by atoms with Gasteiger partial charge in [-0.2, -0.15) is 0 Å². The van der Waals surface area contributed by atoms with Gasteiger partial charge in [0.15, 0.2) is 0 Å². The van der Waals surface area contributed by atoms with Crippen molar-refractivity contribution in [3.8, 4) is 5.75 Å². The van der Waals surface area contributed by atoms with Gasteiger partial charge in [0.1, 0.15) is 11.8 Å². The summed E-state index contributed by atoms with van der Waals surface area (Å²) in [6.45, 7) is 13.1. The highest BCUT2D eigenvalue weighted by Gasteiger charge is 2.38. The Labute approximate surface area is 331 Å². The molecule has 3 atom stereocenters. The molecule has 0 bridgehead atoms. The lowest BCUT2D eigenvalue weighted by Gasteiger charge is -2.37. The Morgan fingerprint density at radius 1 is 0.696 bits per heavy atom. The molecule has 8 heteroatoms. The molecule has 2 amide bonds. The van der Waals surface area contributed by atoms with Crippen LogP contribution in [-0.2, 0) is 17.8 Å². The third-order valence-corrected chi connectivity index (χ3v) is 13.5. The predicted octanol–water partition coefficient (Wildman–Crippen LogP) is 7.39. The largest absolute Gasteiger partial charge is 0.508 e. The third-order valence-electron chi connectivity index (χ3n) is 13.5. The van der Waals surface area contributed by atoms with E-state index >= 15 is 0 Å². The van der Waals surface area contributed by atoms with E-state index in [9.17, 15) is 14.7 Å². The number of amides is 2. The number of hydrogen-bond donors (Lipinski definition) is 2. The highest BCUT2D eigenvalue weighted by Crippen LogP contribution is 2.47. The summed E-state index contributed by atoms with van der Waals surface area (Å²) in [6.07, 6.45) is 7.04. The Kier molecular flexibility index (Phi) is 10.4. The SMILES string of the molecule is C=C1CCC(N2Cc3cc(N4CCN(CCCN5CCC(c6ccc([C@@H]7c8ccc(O)cc8CC[C@@H]7c7ccccc7)cc6)CC5)CC4)ccc3C2=O)C(=O)N1. The van der Waals surface area contributed by atoms with Crippen LogP contribution in [0.25, 0.3) is 0 Å². The number of hydrogen-bond acceptors (Lipinski definition) is 6. The standard InChI is InChI=1S/C48H55N5O3/c1-33-8-19-45(47(55)49-33)53-32-39-30-40(14-17-44(39)48(53)56)52-28-26-51(27-29-52)23-5-22-50-24-20-35(21-25-50)34-9-11-37(12-10-34)46-42(36-6-3-2-4-7-36)16-13-38-31-41(54)15-18-43(38)46/h2-4,6-7,9-12,14-15,17-18,30-31,35,42,45-46,54H,1,5,8,13,16,19-29,32H2,(H,49,55)/t42-,45?,46+/m1/s1. The average Bonchev–Trinajstić information content (AvgIpc) is 3.56. The van der Waals surface area contributed by atoms with Crippen LogP contribution in [0.15, 0.2) is 103 Å². The summed E-state index contributed by atoms with van der Waals surface area (Å²) in [4.78, 5) is 35.3. The second kappa shape index (κ2) is 15.9. The second-order valence-corrected chi connectivity index (χ2v) is 16.8. The van der Waals surface area contributed by atoms with Gasteiger partial charge in [-0.3, -0.25) is 14.5 Å². The number of rotatable bonds is 9. The number of carbonyl (C=O) groups excluding carboxylic acids is 2. The molecular weight excluding hydrogens is 695 g/mol. The van der Waals surface area contributed by atoms with Gasteiger partial charge in [-0.15, -0.1) is 0 Å². The maximum absolute atomic E-state index is 13.2. The molecule has 1 aliphatic carbocycles. The van der Waals surface area contributed by atoms with Gasteiger partial charge in [0, 0.05) is 55.6 Å². The molecule has 4 heterocycles. The smallest absolute Gasteiger partial charge is 0.255 e. The molecule has 0 spiro atoms. The summed E-state index contributed by atoms with van der Waals surface area (Å²) in [5, 5.41) is 13.1. The minimum Gasteiger partial charge on any atom is -0.508 e. The first-order valence-corrected chi connectivity index (χ1v) is 21.0. The first kappa shape index (κ1) is 36.7. The summed E-state index contributed by atoms with van der Waals surface area (Å²) < 4.78 is 0. The maximum Gasteiger partial charge on any atom is 0.255 e. The number of phenols is 1. The van der Waals surface area contributed by atoms with E-state index < -0.39 is 6.04 Å². The van der Waals surface area contributed by atoms with Crippen LogP contribution in [0.5, 0.6) is 5.75 Å². The number of piperidine rings is 2. The fraction of sp³-hybridized carbons (Fsp3) is 0.417. The molecule has 5 aliphatic rings. The molecule has 0 radical (unpaired) electrons. The molecule has 4 aromatic rings. The monoisotopic (exact) mass is 749 g/mol. The van der Waals surface area contributed by atoms with E-state index in [1.54, 1.807) is 4.90 Å². The zero-order valence-electron chi connectivity index (χ0n) is 32.5. The molecule has 3 fully saturated rings. The summed E-state index contributed by atoms with van der Waals surface area (Å²) in [6, 6.07) is 32.3. The Morgan fingerprint density at radius 2 is 1.43 bits per heavy atom. The van der Waals surface area contributed by atoms with Crippen molar-refractivity contribution in [3.63, 3.8) is 0 Å². The number of phenolic OH excluding ortho intramolecular Hbond substituents is 1. The second-order valence-electron chi connectivity index (χ2n) is 16.8. The first-order valence-electron chi connectivity index (χ1n) is 21.0. The number of benzene rings is 4. The van der Waals surface area contributed by atoms with E-state index in [4.69, 9.17) is 0 Å². The Morgan fingerprint density at radius 3 is 2.18 bits per heavy atom. The maximum atomic E-state index is 13.2. The van der Waals surface area contributed by atoms with E-state index in [2.05, 4.69) is 99.4 Å². The number of nitrogens with one attached hydrogen (secondary N) is 1. The van der Waals surface area contributed by atoms with Gasteiger partial charge < -0.3 is 25.1 Å². The number of carbonyl (C=O) groups is 2. The van der Waals surface area contributed by atoms with Crippen LogP contribution in [0.4, 0.5) is 5.69 Å². The van der Waals surface area contributed by atoms with E-state index in [0.29, 0.717) is 37.0 Å². The first-order chi connectivity index (χ1) is 27.4. The highest BCUT2D eigenvalue weighted by molar-refractivity contribution is 6.01. The number of aryl methyl sites for hydroxylation is 1. The Balaban J connectivity index is 0.734. The number of fused-ring (bicyclic) bond motifs is 2. The van der Waals surface area contributed by atoms with Crippen molar-refractivity contribution in [2.24, 2.45) is 0 Å². The van der Waals surface area contributed by atoms with E-state index in [0.717, 1.165) is 82.0 Å². The number of aromatic hydroxyl groups is 1. The molecule has 0 aromatic heterocycles. The lowest BCUT2D eigenvalue weighted by atomic mass is 9.69. The predicted molar refractivity (Wildman–Crippen MR) is 222 cm³/mol. The van der Waals surface area contributed by atoms with Gasteiger partial charge in [-0.05, 0) is 147 Å². The van der Waals surface area contributed by atoms with Crippen molar-refractivity contribution in [2.45, 2.75) is 75.3 Å². The van der Waals surface area contributed by atoms with Crippen molar-refractivity contribution in [2.75, 3.05) is 57.3 Å². The Bertz CT molecular complexity index is 2070. The van der Waals surface area contributed by atoms with Gasteiger partial charge in [0.05, 0.1) is 0 Å². The molecular formula is C48H55N5O3. The molecule has 4 aromatic carbocycles.